The largest absolute Gasteiger partial charge is 0.384 e. The first-order valence-corrected chi connectivity index (χ1v) is 9.13. The first-order chi connectivity index (χ1) is 12.6. The van der Waals surface area contributed by atoms with Crippen molar-refractivity contribution in [2.24, 2.45) is 0 Å². The van der Waals surface area contributed by atoms with Crippen molar-refractivity contribution < 1.29 is 4.79 Å². The van der Waals surface area contributed by atoms with Crippen molar-refractivity contribution in [2.45, 2.75) is 33.1 Å². The quantitative estimate of drug-likeness (QED) is 0.773. The predicted molar refractivity (Wildman–Crippen MR) is 102 cm³/mol. The summed E-state index contributed by atoms with van der Waals surface area (Å²) in [7, 11) is 0. The van der Waals surface area contributed by atoms with Crippen LogP contribution in [-0.2, 0) is 17.6 Å². The molecule has 0 radical (unpaired) electrons. The predicted octanol–water partition coefficient (Wildman–Crippen LogP) is 2.04. The summed E-state index contributed by atoms with van der Waals surface area (Å²) >= 11 is 0. The molecule has 0 spiro atoms. The topological polar surface area (TPSA) is 83.0 Å². The molecular formula is C19H26N6O. The molecule has 0 aliphatic carbocycles. The van der Waals surface area contributed by atoms with Gasteiger partial charge in [-0.25, -0.2) is 9.97 Å². The van der Waals surface area contributed by atoms with Gasteiger partial charge in [0.15, 0.2) is 0 Å². The van der Waals surface area contributed by atoms with Gasteiger partial charge in [0.2, 0.25) is 5.91 Å². The van der Waals surface area contributed by atoms with E-state index in [0.29, 0.717) is 0 Å². The highest BCUT2D eigenvalue weighted by Crippen LogP contribution is 2.21. The smallest absolute Gasteiger partial charge is 0.219 e. The fraction of sp³-hybridized carbons (Fsp3) is 0.474. The molecule has 2 N–H and O–H groups in total. The van der Waals surface area contributed by atoms with Gasteiger partial charge < -0.3 is 15.5 Å². The van der Waals surface area contributed by atoms with Gasteiger partial charge in [0, 0.05) is 57.5 Å². The molecule has 0 saturated heterocycles. The molecule has 3 rings (SSSR count). The number of amides is 1. The van der Waals surface area contributed by atoms with Gasteiger partial charge in [-0.05, 0) is 31.9 Å². The summed E-state index contributed by atoms with van der Waals surface area (Å²) in [5, 5.41) is 6.82. The molecule has 0 fully saturated rings. The summed E-state index contributed by atoms with van der Waals surface area (Å²) in [5.41, 5.74) is 3.25. The van der Waals surface area contributed by atoms with E-state index in [9.17, 15) is 4.79 Å². The van der Waals surface area contributed by atoms with E-state index in [-0.39, 0.29) is 5.91 Å². The molecule has 0 bridgehead atoms. The second-order valence-electron chi connectivity index (χ2n) is 6.50. The molecule has 138 valence electrons. The molecule has 7 heteroatoms. The minimum atomic E-state index is 0.124. The number of anilines is 2. The van der Waals surface area contributed by atoms with Crippen LogP contribution in [-0.4, -0.2) is 51.9 Å². The first kappa shape index (κ1) is 18.1. The number of nitrogens with zero attached hydrogens (tertiary/aromatic N) is 4. The maximum Gasteiger partial charge on any atom is 0.219 e. The standard InChI is InChI=1S/C19H26N6O/c1-14-23-18-7-12-25(15(2)26)11-6-17(18)19(24-14)22-10-4-9-21-16-5-3-8-20-13-16/h3,5,8,13,21H,4,6-7,9-12H2,1-2H3,(H,22,23,24). The summed E-state index contributed by atoms with van der Waals surface area (Å²) in [5.74, 6) is 1.81. The van der Waals surface area contributed by atoms with Crippen LogP contribution >= 0.6 is 0 Å². The van der Waals surface area contributed by atoms with E-state index >= 15 is 0 Å². The number of carbonyl (C=O) groups is 1. The summed E-state index contributed by atoms with van der Waals surface area (Å²) < 4.78 is 0. The number of pyridine rings is 1. The number of carbonyl (C=O) groups excluding carboxylic acids is 1. The van der Waals surface area contributed by atoms with Crippen LogP contribution in [0.3, 0.4) is 0 Å². The Bertz CT molecular complexity index is 749. The lowest BCUT2D eigenvalue weighted by molar-refractivity contribution is -0.128. The molecule has 3 heterocycles. The summed E-state index contributed by atoms with van der Waals surface area (Å²) in [6.07, 6.45) is 6.14. The zero-order chi connectivity index (χ0) is 18.4. The minimum absolute atomic E-state index is 0.124. The Kier molecular flexibility index (Phi) is 5.99. The molecule has 0 atom stereocenters. The monoisotopic (exact) mass is 354 g/mol. The van der Waals surface area contributed by atoms with Crippen LogP contribution in [0.5, 0.6) is 0 Å². The van der Waals surface area contributed by atoms with E-state index in [1.165, 1.54) is 0 Å². The second kappa shape index (κ2) is 8.60. The number of rotatable bonds is 6. The van der Waals surface area contributed by atoms with Gasteiger partial charge in [-0.3, -0.25) is 9.78 Å². The van der Waals surface area contributed by atoms with Crippen molar-refractivity contribution >= 4 is 17.4 Å². The highest BCUT2D eigenvalue weighted by molar-refractivity contribution is 5.73. The molecule has 1 amide bonds. The van der Waals surface area contributed by atoms with Crippen molar-refractivity contribution in [1.29, 1.82) is 0 Å². The van der Waals surface area contributed by atoms with Crippen molar-refractivity contribution in [1.82, 2.24) is 19.9 Å². The Morgan fingerprint density at radius 3 is 2.77 bits per heavy atom. The molecule has 2 aromatic heterocycles. The van der Waals surface area contributed by atoms with Crippen LogP contribution in [0.1, 0.15) is 30.4 Å². The summed E-state index contributed by atoms with van der Waals surface area (Å²) in [6.45, 7) is 6.69. The SMILES string of the molecule is CC(=O)N1CCc2nc(C)nc(NCCCNc3cccnc3)c2CC1. The molecule has 1 aliphatic rings. The van der Waals surface area contributed by atoms with Crippen LogP contribution in [0, 0.1) is 6.92 Å². The number of aromatic nitrogens is 3. The van der Waals surface area contributed by atoms with E-state index < -0.39 is 0 Å². The maximum absolute atomic E-state index is 11.7. The van der Waals surface area contributed by atoms with Gasteiger partial charge in [0.05, 0.1) is 11.4 Å². The fourth-order valence-corrected chi connectivity index (χ4v) is 3.18. The van der Waals surface area contributed by atoms with Crippen LogP contribution < -0.4 is 10.6 Å². The Balaban J connectivity index is 1.57. The van der Waals surface area contributed by atoms with E-state index in [2.05, 4.69) is 25.6 Å². The zero-order valence-corrected chi connectivity index (χ0v) is 15.5. The second-order valence-corrected chi connectivity index (χ2v) is 6.50. The fourth-order valence-electron chi connectivity index (χ4n) is 3.18. The first-order valence-electron chi connectivity index (χ1n) is 9.13. The minimum Gasteiger partial charge on any atom is -0.384 e. The Morgan fingerprint density at radius 1 is 1.19 bits per heavy atom. The average molecular weight is 354 g/mol. The molecule has 2 aromatic rings. The molecule has 7 nitrogen and oxygen atoms in total. The van der Waals surface area contributed by atoms with Crippen molar-refractivity contribution in [3.63, 3.8) is 0 Å². The number of hydrogen-bond donors (Lipinski definition) is 2. The van der Waals surface area contributed by atoms with E-state index in [1.54, 1.807) is 13.1 Å². The molecular weight excluding hydrogens is 328 g/mol. The molecule has 0 aromatic carbocycles. The number of fused-ring (bicyclic) bond motifs is 1. The Morgan fingerprint density at radius 2 is 2.00 bits per heavy atom. The van der Waals surface area contributed by atoms with Crippen molar-refractivity contribution in [3.8, 4) is 0 Å². The third-order valence-electron chi connectivity index (χ3n) is 4.54. The molecule has 26 heavy (non-hydrogen) atoms. The van der Waals surface area contributed by atoms with Gasteiger partial charge in [-0.2, -0.15) is 0 Å². The van der Waals surface area contributed by atoms with Crippen LogP contribution in [0.2, 0.25) is 0 Å². The molecule has 0 unspecified atom stereocenters. The third kappa shape index (κ3) is 4.68. The van der Waals surface area contributed by atoms with Gasteiger partial charge in [-0.15, -0.1) is 0 Å². The summed E-state index contributed by atoms with van der Waals surface area (Å²) in [4.78, 5) is 26.9. The summed E-state index contributed by atoms with van der Waals surface area (Å²) in [6, 6.07) is 3.93. The highest BCUT2D eigenvalue weighted by atomic mass is 16.2. The zero-order valence-electron chi connectivity index (χ0n) is 15.5. The normalized spacial score (nSPS) is 13.7. The van der Waals surface area contributed by atoms with Crippen LogP contribution in [0.4, 0.5) is 11.5 Å². The van der Waals surface area contributed by atoms with Crippen LogP contribution in [0.15, 0.2) is 24.5 Å². The van der Waals surface area contributed by atoms with Gasteiger partial charge >= 0.3 is 0 Å². The number of hydrogen-bond acceptors (Lipinski definition) is 6. The average Bonchev–Trinajstić information content (AvgIpc) is 2.85. The van der Waals surface area contributed by atoms with Crippen molar-refractivity contribution in [2.75, 3.05) is 36.8 Å². The third-order valence-corrected chi connectivity index (χ3v) is 4.54. The number of aryl methyl sites for hydroxylation is 1. The van der Waals surface area contributed by atoms with Gasteiger partial charge in [0.1, 0.15) is 11.6 Å². The van der Waals surface area contributed by atoms with E-state index in [0.717, 1.165) is 74.0 Å². The molecule has 1 aliphatic heterocycles. The van der Waals surface area contributed by atoms with Crippen molar-refractivity contribution in [3.05, 3.63) is 41.6 Å². The molecule has 0 saturated carbocycles. The van der Waals surface area contributed by atoms with Gasteiger partial charge in [0.25, 0.3) is 0 Å². The van der Waals surface area contributed by atoms with Gasteiger partial charge in [-0.1, -0.05) is 0 Å². The highest BCUT2D eigenvalue weighted by Gasteiger charge is 2.20. The lowest BCUT2D eigenvalue weighted by atomic mass is 10.1. The lowest BCUT2D eigenvalue weighted by Gasteiger charge is -2.17. The lowest BCUT2D eigenvalue weighted by Crippen LogP contribution is -2.31. The number of nitrogens with one attached hydrogen (secondary N) is 2. The Hall–Kier alpha value is -2.70. The van der Waals surface area contributed by atoms with E-state index in [4.69, 9.17) is 0 Å². The van der Waals surface area contributed by atoms with E-state index in [1.807, 2.05) is 30.2 Å². The Labute approximate surface area is 154 Å². The van der Waals surface area contributed by atoms with Crippen LogP contribution in [0.25, 0.3) is 0 Å². The maximum atomic E-state index is 11.7.